The van der Waals surface area contributed by atoms with Crippen molar-refractivity contribution >= 4 is 5.71 Å². The molecule has 0 fully saturated rings. The van der Waals surface area contributed by atoms with Gasteiger partial charge in [0.15, 0.2) is 11.5 Å². The van der Waals surface area contributed by atoms with Crippen LogP contribution in [0.15, 0.2) is 71.7 Å². The maximum absolute atomic E-state index is 10.5. The second kappa shape index (κ2) is 7.72. The molecule has 0 aromatic heterocycles. The first-order valence-electron chi connectivity index (χ1n) is 9.86. The predicted octanol–water partition coefficient (Wildman–Crippen LogP) is 4.35. The molecule has 0 amide bonds. The SMILES string of the molecule is COc1ccccc1[C@@H]1N=C(c2ccc3c(c2)OCO3)C[C@H](c2ccccc2O)N1. The summed E-state index contributed by atoms with van der Waals surface area (Å²) in [6, 6.07) is 21.0. The molecule has 6 heteroatoms. The summed E-state index contributed by atoms with van der Waals surface area (Å²) in [7, 11) is 1.66. The number of nitrogens with zero attached hydrogens (tertiary/aromatic N) is 1. The summed E-state index contributed by atoms with van der Waals surface area (Å²) in [6.07, 6.45) is 0.308. The van der Waals surface area contributed by atoms with Crippen molar-refractivity contribution in [3.05, 3.63) is 83.4 Å². The van der Waals surface area contributed by atoms with Crippen molar-refractivity contribution in [1.29, 1.82) is 0 Å². The summed E-state index contributed by atoms with van der Waals surface area (Å²) in [6.45, 7) is 0.233. The van der Waals surface area contributed by atoms with Gasteiger partial charge in [0.1, 0.15) is 17.7 Å². The normalized spacial score (nSPS) is 20.0. The highest BCUT2D eigenvalue weighted by atomic mass is 16.7. The third-order valence-corrected chi connectivity index (χ3v) is 5.49. The lowest BCUT2D eigenvalue weighted by atomic mass is 9.93. The molecule has 0 saturated carbocycles. The molecular weight excluding hydrogens is 380 g/mol. The second-order valence-corrected chi connectivity index (χ2v) is 7.27. The molecule has 0 aliphatic carbocycles. The monoisotopic (exact) mass is 402 g/mol. The third kappa shape index (κ3) is 3.35. The van der Waals surface area contributed by atoms with Crippen LogP contribution in [0.3, 0.4) is 0 Å². The van der Waals surface area contributed by atoms with Crippen LogP contribution in [0.2, 0.25) is 0 Å². The lowest BCUT2D eigenvalue weighted by Gasteiger charge is -2.31. The van der Waals surface area contributed by atoms with Gasteiger partial charge in [0.05, 0.1) is 7.11 Å². The van der Waals surface area contributed by atoms with E-state index in [1.54, 1.807) is 13.2 Å². The van der Waals surface area contributed by atoms with Crippen molar-refractivity contribution in [1.82, 2.24) is 5.32 Å². The van der Waals surface area contributed by atoms with Crippen LogP contribution in [0.5, 0.6) is 23.0 Å². The number of ether oxygens (including phenoxy) is 3. The van der Waals surface area contributed by atoms with Crippen LogP contribution in [0.4, 0.5) is 0 Å². The van der Waals surface area contributed by atoms with E-state index >= 15 is 0 Å². The highest BCUT2D eigenvalue weighted by Crippen LogP contribution is 2.38. The van der Waals surface area contributed by atoms with Crippen LogP contribution in [-0.2, 0) is 0 Å². The first kappa shape index (κ1) is 18.5. The van der Waals surface area contributed by atoms with E-state index in [9.17, 15) is 5.11 Å². The van der Waals surface area contributed by atoms with Gasteiger partial charge in [0.25, 0.3) is 0 Å². The molecular formula is C24H22N2O4. The molecule has 0 saturated heterocycles. The summed E-state index contributed by atoms with van der Waals surface area (Å²) in [5.41, 5.74) is 3.68. The highest BCUT2D eigenvalue weighted by Gasteiger charge is 2.29. The fraction of sp³-hybridized carbons (Fsp3) is 0.208. The maximum Gasteiger partial charge on any atom is 0.231 e. The molecule has 2 atom stereocenters. The van der Waals surface area contributed by atoms with Crippen LogP contribution in [-0.4, -0.2) is 24.7 Å². The van der Waals surface area contributed by atoms with Gasteiger partial charge in [-0.05, 0) is 35.9 Å². The number of phenolic OH excluding ortho intramolecular Hbond substituents is 1. The number of hydrogen-bond donors (Lipinski definition) is 2. The topological polar surface area (TPSA) is 72.3 Å². The van der Waals surface area contributed by atoms with E-state index in [2.05, 4.69) is 5.32 Å². The van der Waals surface area contributed by atoms with Gasteiger partial charge in [0.2, 0.25) is 6.79 Å². The van der Waals surface area contributed by atoms with Crippen LogP contribution >= 0.6 is 0 Å². The predicted molar refractivity (Wildman–Crippen MR) is 113 cm³/mol. The Bertz CT molecular complexity index is 1110. The second-order valence-electron chi connectivity index (χ2n) is 7.27. The maximum atomic E-state index is 10.5. The Hall–Kier alpha value is -3.51. The molecule has 2 heterocycles. The van der Waals surface area contributed by atoms with Crippen LogP contribution in [0.25, 0.3) is 0 Å². The fourth-order valence-electron chi connectivity index (χ4n) is 3.99. The van der Waals surface area contributed by atoms with Crippen molar-refractivity contribution in [2.75, 3.05) is 13.9 Å². The first-order valence-corrected chi connectivity index (χ1v) is 9.86. The van der Waals surface area contributed by atoms with E-state index in [1.165, 1.54) is 0 Å². The van der Waals surface area contributed by atoms with Crippen molar-refractivity contribution < 1.29 is 19.3 Å². The number of phenols is 1. The first-order chi connectivity index (χ1) is 14.7. The van der Waals surface area contributed by atoms with Gasteiger partial charge in [-0.15, -0.1) is 0 Å². The molecule has 5 rings (SSSR count). The Morgan fingerprint density at radius 2 is 1.73 bits per heavy atom. The van der Waals surface area contributed by atoms with Gasteiger partial charge in [-0.3, -0.25) is 10.3 Å². The molecule has 0 unspecified atom stereocenters. The van der Waals surface area contributed by atoms with E-state index < -0.39 is 0 Å². The zero-order chi connectivity index (χ0) is 20.5. The molecule has 2 aliphatic heterocycles. The number of aliphatic imine (C=N–C) groups is 1. The van der Waals surface area contributed by atoms with E-state index in [4.69, 9.17) is 19.2 Å². The number of hydrogen-bond acceptors (Lipinski definition) is 6. The molecule has 3 aromatic rings. The molecule has 0 bridgehead atoms. The number of para-hydroxylation sites is 2. The summed E-state index contributed by atoms with van der Waals surface area (Å²) in [5, 5.41) is 14.0. The molecule has 2 aliphatic rings. The van der Waals surface area contributed by atoms with E-state index in [0.717, 1.165) is 39.7 Å². The van der Waals surface area contributed by atoms with Crippen LogP contribution in [0.1, 0.15) is 35.3 Å². The Morgan fingerprint density at radius 3 is 2.57 bits per heavy atom. The van der Waals surface area contributed by atoms with Crippen LogP contribution < -0.4 is 19.5 Å². The average Bonchev–Trinajstić information content (AvgIpc) is 3.27. The van der Waals surface area contributed by atoms with Crippen molar-refractivity contribution in [2.24, 2.45) is 4.99 Å². The quantitative estimate of drug-likeness (QED) is 0.679. The molecule has 3 aromatic carbocycles. The summed E-state index contributed by atoms with van der Waals surface area (Å²) in [5.74, 6) is 2.50. The Kier molecular flexibility index (Phi) is 4.77. The standard InChI is InChI=1S/C24H22N2O4/c1-28-21-9-5-3-7-17(21)24-25-18(15-10-11-22-23(12-15)30-14-29-22)13-19(26-24)16-6-2-4-8-20(16)27/h2-12,19,24,26-27H,13-14H2,1H3/t19-,24-/m1/s1. The number of methoxy groups -OCH3 is 1. The van der Waals surface area contributed by atoms with Crippen molar-refractivity contribution in [3.63, 3.8) is 0 Å². The molecule has 152 valence electrons. The summed E-state index contributed by atoms with van der Waals surface area (Å²) in [4.78, 5) is 5.01. The number of benzene rings is 3. The van der Waals surface area contributed by atoms with Gasteiger partial charge >= 0.3 is 0 Å². The number of aromatic hydroxyl groups is 1. The number of fused-ring (bicyclic) bond motifs is 1. The zero-order valence-electron chi connectivity index (χ0n) is 16.5. The van der Waals surface area contributed by atoms with Gasteiger partial charge in [-0.1, -0.05) is 36.4 Å². The molecule has 30 heavy (non-hydrogen) atoms. The highest BCUT2D eigenvalue weighted by molar-refractivity contribution is 6.02. The summed E-state index contributed by atoms with van der Waals surface area (Å²) < 4.78 is 16.6. The third-order valence-electron chi connectivity index (χ3n) is 5.49. The molecule has 0 radical (unpaired) electrons. The van der Waals surface area contributed by atoms with Gasteiger partial charge in [-0.2, -0.15) is 0 Å². The van der Waals surface area contributed by atoms with Gasteiger partial charge < -0.3 is 19.3 Å². The van der Waals surface area contributed by atoms with E-state index in [1.807, 2.05) is 60.7 Å². The Morgan fingerprint density at radius 1 is 0.967 bits per heavy atom. The average molecular weight is 402 g/mol. The van der Waals surface area contributed by atoms with E-state index in [0.29, 0.717) is 6.42 Å². The Labute approximate surface area is 174 Å². The summed E-state index contributed by atoms with van der Waals surface area (Å²) >= 11 is 0. The van der Waals surface area contributed by atoms with E-state index in [-0.39, 0.29) is 24.8 Å². The smallest absolute Gasteiger partial charge is 0.231 e. The number of nitrogens with one attached hydrogen (secondary N) is 1. The Balaban J connectivity index is 1.58. The molecule has 2 N–H and O–H groups in total. The number of rotatable bonds is 4. The lowest BCUT2D eigenvalue weighted by Crippen LogP contribution is -2.33. The minimum atomic E-state index is -0.320. The molecule has 6 nitrogen and oxygen atoms in total. The minimum Gasteiger partial charge on any atom is -0.508 e. The largest absolute Gasteiger partial charge is 0.508 e. The van der Waals surface area contributed by atoms with Crippen molar-refractivity contribution in [2.45, 2.75) is 18.6 Å². The van der Waals surface area contributed by atoms with Crippen LogP contribution in [0, 0.1) is 0 Å². The zero-order valence-corrected chi connectivity index (χ0v) is 16.5. The van der Waals surface area contributed by atoms with Gasteiger partial charge in [0, 0.05) is 29.3 Å². The van der Waals surface area contributed by atoms with Crippen molar-refractivity contribution in [3.8, 4) is 23.0 Å². The minimum absolute atomic E-state index is 0.112. The molecule has 0 spiro atoms. The lowest BCUT2D eigenvalue weighted by molar-refractivity contribution is 0.174. The fourth-order valence-corrected chi connectivity index (χ4v) is 3.99. The van der Waals surface area contributed by atoms with Gasteiger partial charge in [-0.25, -0.2) is 0 Å².